The van der Waals surface area contributed by atoms with E-state index < -0.39 is 11.6 Å². The van der Waals surface area contributed by atoms with E-state index in [-0.39, 0.29) is 23.8 Å². The highest BCUT2D eigenvalue weighted by molar-refractivity contribution is 6.45. The molecule has 0 saturated carbocycles. The Labute approximate surface area is 97.5 Å². The van der Waals surface area contributed by atoms with Crippen molar-refractivity contribution in [2.45, 2.75) is 6.92 Å². The Kier molecular flexibility index (Phi) is 4.59. The zero-order chi connectivity index (χ0) is 12.8. The molecule has 1 N–H and O–H groups in total. The highest BCUT2D eigenvalue weighted by atomic mass is 19.1. The van der Waals surface area contributed by atoms with E-state index in [2.05, 4.69) is 5.16 Å². The predicted molar refractivity (Wildman–Crippen MR) is 57.9 cm³/mol. The minimum atomic E-state index is -0.563. The average Bonchev–Trinajstić information content (AvgIpc) is 2.28. The number of nitrogens with zero attached hydrogens (tertiary/aromatic N) is 1. The zero-order valence-electron chi connectivity index (χ0n) is 9.44. The zero-order valence-corrected chi connectivity index (χ0v) is 9.44. The van der Waals surface area contributed by atoms with E-state index in [0.717, 1.165) is 6.07 Å². The lowest BCUT2D eigenvalue weighted by Gasteiger charge is -2.10. The Morgan fingerprint density at radius 1 is 1.53 bits per heavy atom. The van der Waals surface area contributed by atoms with Gasteiger partial charge in [0.05, 0.1) is 5.56 Å². The molecule has 1 rings (SSSR count). The normalized spacial score (nSPS) is 11.4. The molecule has 0 aliphatic heterocycles. The van der Waals surface area contributed by atoms with E-state index in [4.69, 9.17) is 14.7 Å². The maximum Gasteiger partial charge on any atom is 0.188 e. The van der Waals surface area contributed by atoms with Gasteiger partial charge in [-0.2, -0.15) is 0 Å². The number of hydrogen-bond acceptors (Lipinski definition) is 5. The van der Waals surface area contributed by atoms with Crippen molar-refractivity contribution >= 4 is 11.5 Å². The topological polar surface area (TPSA) is 68.1 Å². The standard InChI is InChI=1S/C11H12FNO4/c1-7(14)11(13-15)9-5-8(12)3-4-10(9)17-6-16-2/h3-5,15H,6H2,1-2H3. The van der Waals surface area contributed by atoms with Gasteiger partial charge >= 0.3 is 0 Å². The maximum atomic E-state index is 13.1. The number of Topliss-reactive ketones (excluding diaryl/α,β-unsaturated/α-hetero) is 1. The van der Waals surface area contributed by atoms with Crippen molar-refractivity contribution in [3.63, 3.8) is 0 Å². The number of benzene rings is 1. The van der Waals surface area contributed by atoms with Crippen LogP contribution in [0.5, 0.6) is 5.75 Å². The van der Waals surface area contributed by atoms with E-state index in [0.29, 0.717) is 0 Å². The number of methoxy groups -OCH3 is 1. The van der Waals surface area contributed by atoms with Gasteiger partial charge in [0.15, 0.2) is 18.3 Å². The quantitative estimate of drug-likeness (QED) is 0.368. The summed E-state index contributed by atoms with van der Waals surface area (Å²) in [5.41, 5.74) is -0.187. The van der Waals surface area contributed by atoms with Crippen molar-refractivity contribution < 1.29 is 23.9 Å². The van der Waals surface area contributed by atoms with Crippen LogP contribution in [-0.4, -0.2) is 30.6 Å². The molecule has 0 aromatic heterocycles. The van der Waals surface area contributed by atoms with Crippen molar-refractivity contribution in [2.24, 2.45) is 5.16 Å². The molecule has 17 heavy (non-hydrogen) atoms. The fraction of sp³-hybridized carbons (Fsp3) is 0.273. The second kappa shape index (κ2) is 5.95. The van der Waals surface area contributed by atoms with Crippen LogP contribution in [0.15, 0.2) is 23.4 Å². The van der Waals surface area contributed by atoms with Crippen LogP contribution in [0.4, 0.5) is 4.39 Å². The van der Waals surface area contributed by atoms with Crippen molar-refractivity contribution in [1.82, 2.24) is 0 Å². The van der Waals surface area contributed by atoms with Gasteiger partial charge in [-0.1, -0.05) is 5.16 Å². The van der Waals surface area contributed by atoms with Crippen molar-refractivity contribution in [1.29, 1.82) is 0 Å². The summed E-state index contributed by atoms with van der Waals surface area (Å²) in [6.45, 7) is 1.15. The Bertz CT molecular complexity index is 445. The predicted octanol–water partition coefficient (Wildman–Crippen LogP) is 1.58. The van der Waals surface area contributed by atoms with Crippen LogP contribution in [0.2, 0.25) is 0 Å². The molecule has 92 valence electrons. The van der Waals surface area contributed by atoms with Crippen molar-refractivity contribution in [2.75, 3.05) is 13.9 Å². The molecule has 0 atom stereocenters. The first-order valence-corrected chi connectivity index (χ1v) is 4.74. The van der Waals surface area contributed by atoms with Gasteiger partial charge in [0.2, 0.25) is 0 Å². The van der Waals surface area contributed by atoms with Gasteiger partial charge in [0.1, 0.15) is 11.6 Å². The number of hydrogen-bond donors (Lipinski definition) is 1. The van der Waals surface area contributed by atoms with Crippen LogP contribution in [0.3, 0.4) is 0 Å². The molecule has 0 spiro atoms. The summed E-state index contributed by atoms with van der Waals surface area (Å²) in [5.74, 6) is -0.858. The molecule has 0 amide bonds. The van der Waals surface area contributed by atoms with Gasteiger partial charge in [-0.3, -0.25) is 4.79 Å². The lowest BCUT2D eigenvalue weighted by Crippen LogP contribution is -2.14. The van der Waals surface area contributed by atoms with E-state index in [1.807, 2.05) is 0 Å². The van der Waals surface area contributed by atoms with Crippen molar-refractivity contribution in [3.05, 3.63) is 29.6 Å². The number of carbonyl (C=O) groups excluding carboxylic acids is 1. The number of oxime groups is 1. The summed E-state index contributed by atoms with van der Waals surface area (Å²) in [7, 11) is 1.43. The number of ether oxygens (including phenoxy) is 2. The van der Waals surface area contributed by atoms with Crippen LogP contribution in [0, 0.1) is 5.82 Å². The molecule has 0 bridgehead atoms. The second-order valence-electron chi connectivity index (χ2n) is 3.20. The molecule has 1 aromatic rings. The molecule has 0 saturated heterocycles. The largest absolute Gasteiger partial charge is 0.467 e. The lowest BCUT2D eigenvalue weighted by molar-refractivity contribution is -0.111. The molecular weight excluding hydrogens is 229 g/mol. The maximum absolute atomic E-state index is 13.1. The Morgan fingerprint density at radius 2 is 2.24 bits per heavy atom. The minimum absolute atomic E-state index is 0.0603. The Balaban J connectivity index is 3.18. The molecule has 0 radical (unpaired) electrons. The highest BCUT2D eigenvalue weighted by Crippen LogP contribution is 2.21. The summed E-state index contributed by atoms with van der Waals surface area (Å²) in [5, 5.41) is 11.6. The SMILES string of the molecule is COCOc1ccc(F)cc1C(=NO)C(C)=O. The van der Waals surface area contributed by atoms with Crippen LogP contribution >= 0.6 is 0 Å². The number of ketones is 1. The van der Waals surface area contributed by atoms with Crippen molar-refractivity contribution in [3.8, 4) is 5.75 Å². The van der Waals surface area contributed by atoms with Crippen LogP contribution in [-0.2, 0) is 9.53 Å². The first kappa shape index (κ1) is 13.1. The summed E-state index contributed by atoms with van der Waals surface area (Å²) < 4.78 is 22.9. The molecule has 6 heteroatoms. The molecule has 5 nitrogen and oxygen atoms in total. The first-order valence-electron chi connectivity index (χ1n) is 4.74. The average molecular weight is 241 g/mol. The van der Waals surface area contributed by atoms with Crippen LogP contribution in [0.1, 0.15) is 12.5 Å². The molecule has 0 heterocycles. The third-order valence-electron chi connectivity index (χ3n) is 1.96. The summed E-state index contributed by atoms with van der Waals surface area (Å²) in [6.07, 6.45) is 0. The molecule has 1 aromatic carbocycles. The minimum Gasteiger partial charge on any atom is -0.467 e. The molecule has 0 aliphatic rings. The third kappa shape index (κ3) is 3.25. The van der Waals surface area contributed by atoms with Gasteiger partial charge < -0.3 is 14.7 Å². The smallest absolute Gasteiger partial charge is 0.188 e. The first-order chi connectivity index (χ1) is 8.10. The van der Waals surface area contributed by atoms with Gasteiger partial charge in [-0.05, 0) is 18.2 Å². The summed E-state index contributed by atoms with van der Waals surface area (Å²) in [4.78, 5) is 11.2. The van der Waals surface area contributed by atoms with Gasteiger partial charge in [0, 0.05) is 14.0 Å². The van der Waals surface area contributed by atoms with Crippen LogP contribution < -0.4 is 4.74 Å². The molecule has 0 unspecified atom stereocenters. The van der Waals surface area contributed by atoms with Gasteiger partial charge in [-0.15, -0.1) is 0 Å². The van der Waals surface area contributed by atoms with E-state index in [9.17, 15) is 9.18 Å². The molecule has 0 fully saturated rings. The van der Waals surface area contributed by atoms with Crippen LogP contribution in [0.25, 0.3) is 0 Å². The van der Waals surface area contributed by atoms with E-state index in [1.165, 1.54) is 26.2 Å². The van der Waals surface area contributed by atoms with Gasteiger partial charge in [-0.25, -0.2) is 4.39 Å². The third-order valence-corrected chi connectivity index (χ3v) is 1.96. The van der Waals surface area contributed by atoms with Gasteiger partial charge in [0.25, 0.3) is 0 Å². The number of carbonyl (C=O) groups is 1. The lowest BCUT2D eigenvalue weighted by atomic mass is 10.1. The fourth-order valence-corrected chi connectivity index (χ4v) is 1.25. The van der Waals surface area contributed by atoms with E-state index >= 15 is 0 Å². The second-order valence-corrected chi connectivity index (χ2v) is 3.20. The highest BCUT2D eigenvalue weighted by Gasteiger charge is 2.16. The fourth-order valence-electron chi connectivity index (χ4n) is 1.25. The molecular formula is C11H12FNO4. The summed E-state index contributed by atoms with van der Waals surface area (Å²) in [6, 6.07) is 3.56. The summed E-state index contributed by atoms with van der Waals surface area (Å²) >= 11 is 0. The number of rotatable bonds is 5. The Morgan fingerprint density at radius 3 is 2.76 bits per heavy atom. The monoisotopic (exact) mass is 241 g/mol. The van der Waals surface area contributed by atoms with E-state index in [1.54, 1.807) is 0 Å². The number of halogens is 1. The Hall–Kier alpha value is -1.95. The molecule has 0 aliphatic carbocycles.